The number of hydrazine groups is 1. The van der Waals surface area contributed by atoms with Crippen molar-refractivity contribution in [1.82, 2.24) is 15.8 Å². The molecule has 0 spiro atoms. The monoisotopic (exact) mass is 418 g/mol. The van der Waals surface area contributed by atoms with Gasteiger partial charge in [-0.2, -0.15) is 0 Å². The van der Waals surface area contributed by atoms with Gasteiger partial charge in [0, 0.05) is 18.4 Å². The van der Waals surface area contributed by atoms with E-state index in [1.54, 1.807) is 23.1 Å². The van der Waals surface area contributed by atoms with Gasteiger partial charge in [-0.15, -0.1) is 0 Å². The molecule has 1 unspecified atom stereocenters. The van der Waals surface area contributed by atoms with E-state index in [2.05, 4.69) is 15.8 Å². The molecule has 1 aliphatic rings. The summed E-state index contributed by atoms with van der Waals surface area (Å²) in [5.41, 5.74) is 7.28. The number of ether oxygens (including phenoxy) is 1. The van der Waals surface area contributed by atoms with Gasteiger partial charge in [0.1, 0.15) is 11.4 Å². The zero-order valence-electron chi connectivity index (χ0n) is 17.2. The number of nitrogens with one attached hydrogen (secondary N) is 2. The van der Waals surface area contributed by atoms with Crippen molar-refractivity contribution in [2.75, 3.05) is 18.6 Å². The number of aromatic nitrogens is 1. The van der Waals surface area contributed by atoms with Gasteiger partial charge in [-0.3, -0.25) is 25.2 Å². The molecule has 0 bridgehead atoms. The van der Waals surface area contributed by atoms with Gasteiger partial charge in [0.2, 0.25) is 11.8 Å². The van der Waals surface area contributed by atoms with Gasteiger partial charge < -0.3 is 9.64 Å². The van der Waals surface area contributed by atoms with Gasteiger partial charge >= 0.3 is 0 Å². The Balaban J connectivity index is 1.40. The number of carbonyl (C=O) groups is 3. The first kappa shape index (κ1) is 20.3. The molecule has 2 heterocycles. The first-order chi connectivity index (χ1) is 15.0. The first-order valence-electron chi connectivity index (χ1n) is 9.87. The predicted octanol–water partition coefficient (Wildman–Crippen LogP) is 2.37. The van der Waals surface area contributed by atoms with Gasteiger partial charge in [0.25, 0.3) is 5.91 Å². The van der Waals surface area contributed by atoms with Gasteiger partial charge in [-0.1, -0.05) is 30.3 Å². The second-order valence-corrected chi connectivity index (χ2v) is 7.41. The van der Waals surface area contributed by atoms with Crippen molar-refractivity contribution < 1.29 is 19.1 Å². The molecule has 1 saturated heterocycles. The van der Waals surface area contributed by atoms with Crippen LogP contribution >= 0.6 is 0 Å². The number of amides is 3. The fourth-order valence-electron chi connectivity index (χ4n) is 3.60. The maximum atomic E-state index is 12.6. The van der Waals surface area contributed by atoms with Gasteiger partial charge in [-0.05, 0) is 36.8 Å². The number of nitrogens with zero attached hydrogens (tertiary/aromatic N) is 2. The second kappa shape index (κ2) is 8.43. The lowest BCUT2D eigenvalue weighted by atomic mass is 10.1. The molecule has 1 aromatic heterocycles. The van der Waals surface area contributed by atoms with Crippen molar-refractivity contribution in [1.29, 1.82) is 0 Å². The van der Waals surface area contributed by atoms with Crippen molar-refractivity contribution in [2.45, 2.75) is 13.3 Å². The Morgan fingerprint density at radius 3 is 2.71 bits per heavy atom. The van der Waals surface area contributed by atoms with Crippen LogP contribution in [0, 0.1) is 12.8 Å². The third-order valence-corrected chi connectivity index (χ3v) is 5.25. The van der Waals surface area contributed by atoms with Crippen LogP contribution in [0.3, 0.4) is 0 Å². The molecule has 31 heavy (non-hydrogen) atoms. The predicted molar refractivity (Wildman–Crippen MR) is 116 cm³/mol. The molecule has 1 atom stereocenters. The molecule has 8 nitrogen and oxygen atoms in total. The smallest absolute Gasteiger partial charge is 0.288 e. The largest absolute Gasteiger partial charge is 0.495 e. The molecule has 4 rings (SSSR count). The lowest BCUT2D eigenvalue weighted by Gasteiger charge is -2.20. The maximum Gasteiger partial charge on any atom is 0.288 e. The Hall–Kier alpha value is -3.94. The lowest BCUT2D eigenvalue weighted by Crippen LogP contribution is -2.45. The van der Waals surface area contributed by atoms with Crippen LogP contribution in [0.4, 0.5) is 5.69 Å². The minimum absolute atomic E-state index is 0.0486. The van der Waals surface area contributed by atoms with Gasteiger partial charge in [0.15, 0.2) is 0 Å². The van der Waals surface area contributed by atoms with Crippen molar-refractivity contribution in [2.24, 2.45) is 5.92 Å². The molecule has 1 fully saturated rings. The number of benzene rings is 2. The molecule has 158 valence electrons. The number of fused-ring (bicyclic) bond motifs is 1. The first-order valence-corrected chi connectivity index (χ1v) is 9.87. The summed E-state index contributed by atoms with van der Waals surface area (Å²) in [5.74, 6) is -1.16. The van der Waals surface area contributed by atoms with E-state index in [0.717, 1.165) is 10.9 Å². The zero-order chi connectivity index (χ0) is 22.0. The number of para-hydroxylation sites is 1. The number of hydrogen-bond donors (Lipinski definition) is 2. The molecule has 0 radical (unpaired) electrons. The Kier molecular flexibility index (Phi) is 5.53. The van der Waals surface area contributed by atoms with Gasteiger partial charge in [-0.25, -0.2) is 4.98 Å². The van der Waals surface area contributed by atoms with Crippen molar-refractivity contribution in [3.8, 4) is 5.75 Å². The summed E-state index contributed by atoms with van der Waals surface area (Å²) < 4.78 is 5.36. The number of carbonyl (C=O) groups excluding carboxylic acids is 3. The normalized spacial score (nSPS) is 15.7. The summed E-state index contributed by atoms with van der Waals surface area (Å²) in [7, 11) is 1.54. The average molecular weight is 418 g/mol. The summed E-state index contributed by atoms with van der Waals surface area (Å²) in [6, 6.07) is 16.4. The highest BCUT2D eigenvalue weighted by Crippen LogP contribution is 2.33. The van der Waals surface area contributed by atoms with Crippen LogP contribution in [0.25, 0.3) is 10.9 Å². The quantitative estimate of drug-likeness (QED) is 0.634. The van der Waals surface area contributed by atoms with Crippen LogP contribution in [-0.2, 0) is 9.59 Å². The Morgan fingerprint density at radius 2 is 1.90 bits per heavy atom. The van der Waals surface area contributed by atoms with Gasteiger partial charge in [0.05, 0.1) is 24.2 Å². The standard InChI is InChI=1S/C23H22N4O4/c1-14-7-10-20(31-2)19(11-14)27-13-16(12-21(27)28)22(29)25-26-23(30)18-9-8-15-5-3-4-6-17(15)24-18/h3-11,16H,12-13H2,1-2H3,(H,25,29)(H,26,30). The number of methoxy groups -OCH3 is 1. The molecule has 2 N–H and O–H groups in total. The van der Waals surface area contributed by atoms with E-state index in [1.165, 1.54) is 7.11 Å². The van der Waals surface area contributed by atoms with E-state index in [1.807, 2.05) is 43.3 Å². The minimum atomic E-state index is -0.595. The van der Waals surface area contributed by atoms with Crippen LogP contribution in [0.5, 0.6) is 5.75 Å². The van der Waals surface area contributed by atoms with Crippen molar-refractivity contribution in [3.05, 3.63) is 65.9 Å². The molecule has 0 aliphatic carbocycles. The van der Waals surface area contributed by atoms with Crippen LogP contribution in [0.15, 0.2) is 54.6 Å². The molecule has 3 aromatic rings. The van der Waals surface area contributed by atoms with Crippen molar-refractivity contribution >= 4 is 34.3 Å². The summed E-state index contributed by atoms with van der Waals surface area (Å²) in [5, 5.41) is 0.916. The van der Waals surface area contributed by atoms with E-state index in [4.69, 9.17) is 4.74 Å². The van der Waals surface area contributed by atoms with E-state index in [0.29, 0.717) is 17.0 Å². The van der Waals surface area contributed by atoms with E-state index in [-0.39, 0.29) is 24.6 Å². The fourth-order valence-corrected chi connectivity index (χ4v) is 3.60. The molecule has 2 aromatic carbocycles. The summed E-state index contributed by atoms with van der Waals surface area (Å²) in [6.45, 7) is 2.12. The van der Waals surface area contributed by atoms with E-state index < -0.39 is 17.7 Å². The third kappa shape index (κ3) is 4.18. The average Bonchev–Trinajstić information content (AvgIpc) is 3.18. The molecule has 8 heteroatoms. The van der Waals surface area contributed by atoms with E-state index in [9.17, 15) is 14.4 Å². The Labute approximate surface area is 179 Å². The topological polar surface area (TPSA) is 101 Å². The Morgan fingerprint density at radius 1 is 1.10 bits per heavy atom. The number of aryl methyl sites for hydroxylation is 1. The number of rotatable bonds is 4. The van der Waals surface area contributed by atoms with Crippen molar-refractivity contribution in [3.63, 3.8) is 0 Å². The summed E-state index contributed by atoms with van der Waals surface area (Å²) >= 11 is 0. The highest BCUT2D eigenvalue weighted by atomic mass is 16.5. The fraction of sp³-hybridized carbons (Fsp3) is 0.217. The minimum Gasteiger partial charge on any atom is -0.495 e. The Bertz CT molecular complexity index is 1180. The highest BCUT2D eigenvalue weighted by Gasteiger charge is 2.36. The second-order valence-electron chi connectivity index (χ2n) is 7.41. The van der Waals surface area contributed by atoms with E-state index >= 15 is 0 Å². The number of anilines is 1. The molecular weight excluding hydrogens is 396 g/mol. The third-order valence-electron chi connectivity index (χ3n) is 5.25. The summed E-state index contributed by atoms with van der Waals surface area (Å²) in [6.07, 6.45) is 0.0486. The highest BCUT2D eigenvalue weighted by molar-refractivity contribution is 6.02. The summed E-state index contributed by atoms with van der Waals surface area (Å²) in [4.78, 5) is 43.4. The van der Waals surface area contributed by atoms with Crippen LogP contribution in [-0.4, -0.2) is 36.4 Å². The molecule has 1 aliphatic heterocycles. The maximum absolute atomic E-state index is 12.6. The number of hydrogen-bond acceptors (Lipinski definition) is 5. The SMILES string of the molecule is COc1ccc(C)cc1N1CC(C(=O)NNC(=O)c2ccc3ccccc3n2)CC1=O. The van der Waals surface area contributed by atoms with Crippen LogP contribution in [0.2, 0.25) is 0 Å². The molecule has 0 saturated carbocycles. The van der Waals surface area contributed by atoms with Crippen LogP contribution < -0.4 is 20.5 Å². The zero-order valence-corrected chi connectivity index (χ0v) is 17.2. The molecular formula is C23H22N4O4. The number of pyridine rings is 1. The van der Waals surface area contributed by atoms with Crippen LogP contribution in [0.1, 0.15) is 22.5 Å². The lowest BCUT2D eigenvalue weighted by molar-refractivity contribution is -0.126. The molecule has 3 amide bonds.